The highest BCUT2D eigenvalue weighted by Gasteiger charge is 2.42. The summed E-state index contributed by atoms with van der Waals surface area (Å²) in [6.07, 6.45) is 6.40. The van der Waals surface area contributed by atoms with Crippen molar-refractivity contribution in [3.8, 4) is 0 Å². The number of hydrogen-bond donors (Lipinski definition) is 1. The lowest BCUT2D eigenvalue weighted by Gasteiger charge is -2.51. The van der Waals surface area contributed by atoms with Crippen LogP contribution in [0.3, 0.4) is 0 Å². The Morgan fingerprint density at radius 2 is 1.88 bits per heavy atom. The zero-order chi connectivity index (χ0) is 11.9. The molecule has 4 nitrogen and oxygen atoms in total. The van der Waals surface area contributed by atoms with Crippen molar-refractivity contribution in [3.05, 3.63) is 0 Å². The summed E-state index contributed by atoms with van der Waals surface area (Å²) in [5.41, 5.74) is 0.416. The average molecular weight is 258 g/mol. The van der Waals surface area contributed by atoms with E-state index in [1.54, 1.807) is 0 Å². The molecule has 2 heterocycles. The highest BCUT2D eigenvalue weighted by Crippen LogP contribution is 2.39. The molecule has 0 aromatic carbocycles. The largest absolute Gasteiger partial charge is 0.311 e. The molecule has 1 spiro atoms. The van der Waals surface area contributed by atoms with Crippen molar-refractivity contribution < 1.29 is 8.42 Å². The third-order valence-electron chi connectivity index (χ3n) is 4.81. The maximum absolute atomic E-state index is 11.4. The highest BCUT2D eigenvalue weighted by atomic mass is 32.2. The zero-order valence-corrected chi connectivity index (χ0v) is 11.1. The van der Waals surface area contributed by atoms with Crippen LogP contribution in [0.15, 0.2) is 0 Å². The fourth-order valence-corrected chi connectivity index (χ4v) is 4.75. The minimum absolute atomic E-state index is 0.365. The number of nitrogens with zero attached hydrogens (tertiary/aromatic N) is 1. The molecule has 0 amide bonds. The number of hydrogen-bond acceptors (Lipinski definition) is 4. The van der Waals surface area contributed by atoms with Gasteiger partial charge in [0.1, 0.15) is 0 Å². The zero-order valence-electron chi connectivity index (χ0n) is 10.3. The molecule has 2 aliphatic heterocycles. The van der Waals surface area contributed by atoms with Gasteiger partial charge in [-0.2, -0.15) is 0 Å². The van der Waals surface area contributed by atoms with Crippen molar-refractivity contribution in [2.45, 2.75) is 43.7 Å². The third-order valence-corrected chi connectivity index (χ3v) is 6.42. The minimum Gasteiger partial charge on any atom is -0.311 e. The number of nitrogens with one attached hydrogen (secondary N) is 1. The van der Waals surface area contributed by atoms with Gasteiger partial charge in [-0.1, -0.05) is 0 Å². The molecule has 0 aromatic rings. The molecular weight excluding hydrogens is 236 g/mol. The van der Waals surface area contributed by atoms with Crippen LogP contribution in [-0.4, -0.2) is 56.0 Å². The maximum atomic E-state index is 11.4. The van der Waals surface area contributed by atoms with Crippen LogP contribution >= 0.6 is 0 Å². The van der Waals surface area contributed by atoms with Crippen molar-refractivity contribution in [1.29, 1.82) is 0 Å². The van der Waals surface area contributed by atoms with E-state index < -0.39 is 9.84 Å². The molecule has 3 fully saturated rings. The van der Waals surface area contributed by atoms with Crippen LogP contribution in [0.5, 0.6) is 0 Å². The number of piperidine rings is 1. The summed E-state index contributed by atoms with van der Waals surface area (Å²) >= 11 is 0. The van der Waals surface area contributed by atoms with Gasteiger partial charge < -0.3 is 5.32 Å². The fraction of sp³-hybridized carbons (Fsp3) is 1.00. The number of rotatable bonds is 1. The summed E-state index contributed by atoms with van der Waals surface area (Å²) in [5, 5.41) is 3.67. The van der Waals surface area contributed by atoms with Gasteiger partial charge in [-0.15, -0.1) is 0 Å². The van der Waals surface area contributed by atoms with Crippen LogP contribution in [0.2, 0.25) is 0 Å². The molecular formula is C12H22N2O2S. The summed E-state index contributed by atoms with van der Waals surface area (Å²) in [6, 6.07) is 0.618. The molecule has 17 heavy (non-hydrogen) atoms. The van der Waals surface area contributed by atoms with Gasteiger partial charge >= 0.3 is 0 Å². The van der Waals surface area contributed by atoms with Crippen molar-refractivity contribution in [1.82, 2.24) is 10.2 Å². The monoisotopic (exact) mass is 258 g/mol. The lowest BCUT2D eigenvalue weighted by atomic mass is 9.70. The van der Waals surface area contributed by atoms with E-state index in [9.17, 15) is 8.42 Å². The van der Waals surface area contributed by atoms with Gasteiger partial charge in [0.15, 0.2) is 9.84 Å². The van der Waals surface area contributed by atoms with Gasteiger partial charge in [-0.05, 0) is 38.6 Å². The Kier molecular flexibility index (Phi) is 2.96. The van der Waals surface area contributed by atoms with E-state index >= 15 is 0 Å². The summed E-state index contributed by atoms with van der Waals surface area (Å²) < 4.78 is 22.9. The van der Waals surface area contributed by atoms with E-state index in [0.717, 1.165) is 19.6 Å². The van der Waals surface area contributed by atoms with Crippen LogP contribution < -0.4 is 5.32 Å². The van der Waals surface area contributed by atoms with Gasteiger partial charge in [0, 0.05) is 24.7 Å². The van der Waals surface area contributed by atoms with Crippen molar-refractivity contribution in [3.63, 3.8) is 0 Å². The molecule has 0 aromatic heterocycles. The Bertz CT molecular complexity index is 375. The molecule has 1 atom stereocenters. The van der Waals surface area contributed by atoms with E-state index in [-0.39, 0.29) is 0 Å². The lowest BCUT2D eigenvalue weighted by Crippen LogP contribution is -2.61. The van der Waals surface area contributed by atoms with Crippen LogP contribution in [0.25, 0.3) is 0 Å². The van der Waals surface area contributed by atoms with E-state index in [0.29, 0.717) is 23.1 Å². The lowest BCUT2D eigenvalue weighted by molar-refractivity contribution is 0.0653. The molecule has 1 N–H and O–H groups in total. The van der Waals surface area contributed by atoms with Crippen LogP contribution in [0.1, 0.15) is 32.1 Å². The first kappa shape index (κ1) is 11.9. The molecule has 98 valence electrons. The van der Waals surface area contributed by atoms with Crippen LogP contribution in [-0.2, 0) is 9.84 Å². The molecule has 3 aliphatic rings. The quantitative estimate of drug-likeness (QED) is 0.739. The number of sulfone groups is 1. The molecule has 0 bridgehead atoms. The maximum Gasteiger partial charge on any atom is 0.152 e. The van der Waals surface area contributed by atoms with E-state index in [1.807, 2.05) is 0 Å². The van der Waals surface area contributed by atoms with Crippen molar-refractivity contribution in [2.24, 2.45) is 0 Å². The first-order chi connectivity index (χ1) is 8.09. The van der Waals surface area contributed by atoms with E-state index in [4.69, 9.17) is 0 Å². The topological polar surface area (TPSA) is 49.4 Å². The van der Waals surface area contributed by atoms with Gasteiger partial charge in [-0.25, -0.2) is 8.42 Å². The Balaban J connectivity index is 1.61. The summed E-state index contributed by atoms with van der Waals surface area (Å²) in [5.74, 6) is 0.730. The van der Waals surface area contributed by atoms with E-state index in [1.165, 1.54) is 32.1 Å². The Morgan fingerprint density at radius 3 is 2.47 bits per heavy atom. The Labute approximate surface area is 104 Å². The second-order valence-corrected chi connectivity index (χ2v) is 8.20. The van der Waals surface area contributed by atoms with Crippen molar-refractivity contribution >= 4 is 9.84 Å². The predicted octanol–water partition coefficient (Wildman–Crippen LogP) is 0.392. The standard InChI is InChI=1S/C12H22N2O2S/c15-17(16)8-6-14(7-9-17)11-2-5-13-12(10-11)3-1-4-12/h11,13H,1-10H2. The second-order valence-electron chi connectivity index (χ2n) is 5.90. The second kappa shape index (κ2) is 4.21. The van der Waals surface area contributed by atoms with Crippen molar-refractivity contribution in [2.75, 3.05) is 31.1 Å². The first-order valence-electron chi connectivity index (χ1n) is 6.78. The SMILES string of the molecule is O=S1(=O)CCN(C2CCNC3(CCC3)C2)CC1. The smallest absolute Gasteiger partial charge is 0.152 e. The molecule has 5 heteroatoms. The Hall–Kier alpha value is -0.130. The van der Waals surface area contributed by atoms with Gasteiger partial charge in [0.2, 0.25) is 0 Å². The molecule has 1 unspecified atom stereocenters. The molecule has 1 aliphatic carbocycles. The highest BCUT2D eigenvalue weighted by molar-refractivity contribution is 7.91. The summed E-state index contributed by atoms with van der Waals surface area (Å²) in [6.45, 7) is 2.61. The fourth-order valence-electron chi connectivity index (χ4n) is 3.52. The normalized spacial score (nSPS) is 36.6. The molecule has 1 saturated carbocycles. The molecule has 2 saturated heterocycles. The van der Waals surface area contributed by atoms with Gasteiger partial charge in [-0.3, -0.25) is 4.90 Å². The summed E-state index contributed by atoms with van der Waals surface area (Å²) in [7, 11) is -2.73. The van der Waals surface area contributed by atoms with Gasteiger partial charge in [0.05, 0.1) is 11.5 Å². The van der Waals surface area contributed by atoms with Crippen LogP contribution in [0.4, 0.5) is 0 Å². The molecule has 3 rings (SSSR count). The Morgan fingerprint density at radius 1 is 1.18 bits per heavy atom. The summed E-state index contributed by atoms with van der Waals surface area (Å²) in [4.78, 5) is 2.42. The van der Waals surface area contributed by atoms with Gasteiger partial charge in [0.25, 0.3) is 0 Å². The van der Waals surface area contributed by atoms with E-state index in [2.05, 4.69) is 10.2 Å². The average Bonchev–Trinajstić information content (AvgIpc) is 2.27. The van der Waals surface area contributed by atoms with Crippen LogP contribution in [0, 0.1) is 0 Å². The molecule has 0 radical (unpaired) electrons. The first-order valence-corrected chi connectivity index (χ1v) is 8.60. The predicted molar refractivity (Wildman–Crippen MR) is 67.8 cm³/mol. The minimum atomic E-state index is -2.73. The third kappa shape index (κ3) is 2.37.